The number of aromatic nitrogens is 1. The van der Waals surface area contributed by atoms with Crippen molar-refractivity contribution >= 4 is 23.6 Å². The molecule has 4 N–H and O–H groups in total. The number of anilines is 2. The molecule has 2 heterocycles. The summed E-state index contributed by atoms with van der Waals surface area (Å²) in [5, 5.41) is 12.3. The number of nitrogens with two attached hydrogens (primary N) is 1. The van der Waals surface area contributed by atoms with Crippen LogP contribution >= 0.6 is 0 Å². The quantitative estimate of drug-likeness (QED) is 0.734. The van der Waals surface area contributed by atoms with E-state index < -0.39 is 29.9 Å². The number of hydrogen-bond acceptors (Lipinski definition) is 6. The van der Waals surface area contributed by atoms with E-state index in [0.29, 0.717) is 18.8 Å². The third kappa shape index (κ3) is 5.15. The Hall–Kier alpha value is -2.71. The summed E-state index contributed by atoms with van der Waals surface area (Å²) in [6.07, 6.45) is 1.61. The van der Waals surface area contributed by atoms with Gasteiger partial charge in [-0.15, -0.1) is 0 Å². The molecule has 3 atom stereocenters. The lowest BCUT2D eigenvalue weighted by Gasteiger charge is -2.46. The summed E-state index contributed by atoms with van der Waals surface area (Å²) in [6, 6.07) is 0.958. The summed E-state index contributed by atoms with van der Waals surface area (Å²) in [4.78, 5) is 31.2. The summed E-state index contributed by atoms with van der Waals surface area (Å²) in [5.41, 5.74) is 6.75. The number of alkyl carbamates (subject to hydrolysis) is 1. The van der Waals surface area contributed by atoms with Gasteiger partial charge >= 0.3 is 12.2 Å². The minimum atomic E-state index is -1.04. The molecule has 1 saturated heterocycles. The van der Waals surface area contributed by atoms with Crippen molar-refractivity contribution in [2.24, 2.45) is 5.92 Å². The number of nitrogens with one attached hydrogen (secondary N) is 1. The number of nitrogen functional groups attached to an aromatic ring is 1. The molecule has 0 spiro atoms. The van der Waals surface area contributed by atoms with E-state index >= 15 is 0 Å². The largest absolute Gasteiger partial charge is 0.465 e. The van der Waals surface area contributed by atoms with Gasteiger partial charge < -0.3 is 30.7 Å². The number of carbonyl (C=O) groups excluding carboxylic acids is 1. The molecule has 0 unspecified atom stereocenters. The van der Waals surface area contributed by atoms with Crippen molar-refractivity contribution in [3.05, 3.63) is 18.5 Å². The number of pyridine rings is 1. The van der Waals surface area contributed by atoms with Crippen molar-refractivity contribution < 1.29 is 19.4 Å². The Morgan fingerprint density at radius 1 is 1.41 bits per heavy atom. The fourth-order valence-electron chi connectivity index (χ4n) is 3.53. The average Bonchev–Trinajstić information content (AvgIpc) is 2.52. The number of rotatable bonds is 3. The van der Waals surface area contributed by atoms with Gasteiger partial charge in [-0.05, 0) is 32.8 Å². The van der Waals surface area contributed by atoms with E-state index in [9.17, 15) is 14.7 Å². The maximum Gasteiger partial charge on any atom is 0.408 e. The molecule has 0 aromatic carbocycles. The van der Waals surface area contributed by atoms with Crippen LogP contribution in [0.1, 0.15) is 27.7 Å². The second-order valence-corrected chi connectivity index (χ2v) is 7.95. The molecular formula is C18H29N5O4. The molecule has 9 nitrogen and oxygen atoms in total. The van der Waals surface area contributed by atoms with Gasteiger partial charge in [0.25, 0.3) is 0 Å². The first kappa shape index (κ1) is 20.6. The van der Waals surface area contributed by atoms with E-state index in [1.807, 2.05) is 17.9 Å². The summed E-state index contributed by atoms with van der Waals surface area (Å²) >= 11 is 0. The Kier molecular flexibility index (Phi) is 6.02. The van der Waals surface area contributed by atoms with E-state index in [1.54, 1.807) is 33.2 Å². The molecule has 1 aliphatic heterocycles. The Balaban J connectivity index is 2.27. The zero-order valence-corrected chi connectivity index (χ0v) is 16.5. The van der Waals surface area contributed by atoms with Crippen LogP contribution in [0.2, 0.25) is 0 Å². The van der Waals surface area contributed by atoms with E-state index in [-0.39, 0.29) is 5.92 Å². The number of ether oxygens (including phenoxy) is 1. The van der Waals surface area contributed by atoms with Gasteiger partial charge in [-0.2, -0.15) is 0 Å². The average molecular weight is 379 g/mol. The molecule has 1 aromatic heterocycles. The van der Waals surface area contributed by atoms with Gasteiger partial charge in [-0.3, -0.25) is 4.98 Å². The number of carbonyl (C=O) groups is 2. The molecule has 1 aromatic rings. The first-order valence-electron chi connectivity index (χ1n) is 8.89. The third-order valence-electron chi connectivity index (χ3n) is 4.54. The lowest BCUT2D eigenvalue weighted by Crippen LogP contribution is -2.64. The van der Waals surface area contributed by atoms with Crippen molar-refractivity contribution in [1.82, 2.24) is 15.2 Å². The fourth-order valence-corrected chi connectivity index (χ4v) is 3.53. The minimum Gasteiger partial charge on any atom is -0.465 e. The molecule has 0 saturated carbocycles. The summed E-state index contributed by atoms with van der Waals surface area (Å²) < 4.78 is 5.36. The highest BCUT2D eigenvalue weighted by Crippen LogP contribution is 2.29. The Morgan fingerprint density at radius 3 is 2.63 bits per heavy atom. The molecule has 150 valence electrons. The Bertz CT molecular complexity index is 691. The second kappa shape index (κ2) is 7.89. The predicted molar refractivity (Wildman–Crippen MR) is 103 cm³/mol. The number of piperidine rings is 1. The van der Waals surface area contributed by atoms with E-state index in [1.165, 1.54) is 11.9 Å². The van der Waals surface area contributed by atoms with Crippen molar-refractivity contribution in [3.63, 3.8) is 0 Å². The summed E-state index contributed by atoms with van der Waals surface area (Å²) in [5.74, 6) is -0.0487. The molecule has 1 aliphatic rings. The van der Waals surface area contributed by atoms with Crippen molar-refractivity contribution in [1.29, 1.82) is 0 Å². The van der Waals surface area contributed by atoms with Crippen LogP contribution in [0.3, 0.4) is 0 Å². The van der Waals surface area contributed by atoms with Crippen LogP contribution < -0.4 is 16.0 Å². The highest BCUT2D eigenvalue weighted by Gasteiger charge is 2.40. The highest BCUT2D eigenvalue weighted by molar-refractivity contribution is 5.70. The van der Waals surface area contributed by atoms with Crippen molar-refractivity contribution in [2.45, 2.75) is 45.4 Å². The van der Waals surface area contributed by atoms with E-state index in [0.717, 1.165) is 5.69 Å². The van der Waals surface area contributed by atoms with Crippen LogP contribution in [0, 0.1) is 5.92 Å². The van der Waals surface area contributed by atoms with Crippen LogP contribution in [-0.4, -0.2) is 65.0 Å². The van der Waals surface area contributed by atoms with Crippen molar-refractivity contribution in [3.8, 4) is 0 Å². The Labute approximate surface area is 159 Å². The molecule has 0 aliphatic carbocycles. The van der Waals surface area contributed by atoms with Gasteiger partial charge in [0.1, 0.15) is 5.60 Å². The lowest BCUT2D eigenvalue weighted by molar-refractivity contribution is 0.0424. The number of amides is 2. The standard InChI is InChI=1S/C18H29N5O4/c1-11-9-23(14-6-7-20-8-12(14)19)10-13(15(11)22(5)17(25)26)21-16(24)27-18(2,3)4/h6-8,11,13,15H,9-10,19H2,1-5H3,(H,21,24)(H,25,26)/t11-,13+,15+/m1/s1. The summed E-state index contributed by atoms with van der Waals surface area (Å²) in [7, 11) is 1.52. The first-order chi connectivity index (χ1) is 12.5. The van der Waals surface area contributed by atoms with Crippen LogP contribution in [-0.2, 0) is 4.74 Å². The Morgan fingerprint density at radius 2 is 2.07 bits per heavy atom. The van der Waals surface area contributed by atoms with Crippen LogP contribution in [0.25, 0.3) is 0 Å². The number of nitrogens with zero attached hydrogens (tertiary/aromatic N) is 3. The zero-order valence-electron chi connectivity index (χ0n) is 16.5. The van der Waals surface area contributed by atoms with Gasteiger partial charge in [0.05, 0.1) is 29.7 Å². The first-order valence-corrected chi connectivity index (χ1v) is 8.89. The third-order valence-corrected chi connectivity index (χ3v) is 4.54. The SMILES string of the molecule is C[C@@H]1CN(c2ccncc2N)C[C@H](NC(=O)OC(C)(C)C)[C@H]1N(C)C(=O)O. The van der Waals surface area contributed by atoms with Gasteiger partial charge in [0.2, 0.25) is 0 Å². The molecular weight excluding hydrogens is 350 g/mol. The molecule has 27 heavy (non-hydrogen) atoms. The second-order valence-electron chi connectivity index (χ2n) is 7.95. The maximum atomic E-state index is 12.3. The van der Waals surface area contributed by atoms with Crippen LogP contribution in [0.5, 0.6) is 0 Å². The predicted octanol–water partition coefficient (Wildman–Crippen LogP) is 1.99. The van der Waals surface area contributed by atoms with Gasteiger partial charge in [0.15, 0.2) is 0 Å². The minimum absolute atomic E-state index is 0.0487. The molecule has 0 radical (unpaired) electrons. The smallest absolute Gasteiger partial charge is 0.408 e. The number of carboxylic acid groups (broad SMARTS) is 1. The molecule has 1 fully saturated rings. The van der Waals surface area contributed by atoms with Crippen LogP contribution in [0.15, 0.2) is 18.5 Å². The molecule has 0 bridgehead atoms. The van der Waals surface area contributed by atoms with Crippen molar-refractivity contribution in [2.75, 3.05) is 30.8 Å². The number of hydrogen-bond donors (Lipinski definition) is 3. The topological polar surface area (TPSA) is 121 Å². The zero-order chi connectivity index (χ0) is 20.4. The van der Waals surface area contributed by atoms with Crippen LogP contribution in [0.4, 0.5) is 21.0 Å². The fraction of sp³-hybridized carbons (Fsp3) is 0.611. The lowest BCUT2D eigenvalue weighted by atomic mass is 9.88. The van der Waals surface area contributed by atoms with E-state index in [2.05, 4.69) is 10.3 Å². The highest BCUT2D eigenvalue weighted by atomic mass is 16.6. The molecule has 2 rings (SSSR count). The monoisotopic (exact) mass is 379 g/mol. The van der Waals surface area contributed by atoms with Gasteiger partial charge in [0, 0.05) is 26.3 Å². The van der Waals surface area contributed by atoms with Gasteiger partial charge in [-0.1, -0.05) is 6.92 Å². The molecule has 2 amide bonds. The summed E-state index contributed by atoms with van der Waals surface area (Å²) in [6.45, 7) is 8.29. The van der Waals surface area contributed by atoms with Gasteiger partial charge in [-0.25, -0.2) is 9.59 Å². The van der Waals surface area contributed by atoms with E-state index in [4.69, 9.17) is 10.5 Å². The maximum absolute atomic E-state index is 12.3. The number of likely N-dealkylation sites (N-methyl/N-ethyl adjacent to an activating group) is 1. The molecule has 9 heteroatoms. The normalized spacial score (nSPS) is 22.9.